The Bertz CT molecular complexity index is 402. The lowest BCUT2D eigenvalue weighted by atomic mass is 9.98. The summed E-state index contributed by atoms with van der Waals surface area (Å²) in [5.41, 5.74) is 3.71. The molecule has 0 unspecified atom stereocenters. The molecule has 0 bridgehead atoms. The van der Waals surface area contributed by atoms with Crippen LogP contribution in [-0.2, 0) is 4.79 Å². The van der Waals surface area contributed by atoms with Crippen LogP contribution in [0.4, 0.5) is 0 Å². The van der Waals surface area contributed by atoms with E-state index in [1.165, 1.54) is 0 Å². The normalized spacial score (nSPS) is 19.7. The highest BCUT2D eigenvalue weighted by atomic mass is 16.1. The fourth-order valence-corrected chi connectivity index (χ4v) is 1.79. The highest BCUT2D eigenvalue weighted by Crippen LogP contribution is 2.23. The summed E-state index contributed by atoms with van der Waals surface area (Å²) in [6.45, 7) is 8.27. The lowest BCUT2D eigenvalue weighted by Gasteiger charge is -2.26. The first kappa shape index (κ1) is 9.77. The zero-order chi connectivity index (χ0) is 10.8. The molecular formula is C12H14N2O. The Morgan fingerprint density at radius 3 is 3.07 bits per heavy atom. The van der Waals surface area contributed by atoms with Gasteiger partial charge in [0.05, 0.1) is 0 Å². The molecule has 2 N–H and O–H groups in total. The van der Waals surface area contributed by atoms with Crippen LogP contribution in [-0.4, -0.2) is 12.5 Å². The number of nitrogens with one attached hydrogen (secondary N) is 2. The van der Waals surface area contributed by atoms with E-state index in [1.54, 1.807) is 6.08 Å². The van der Waals surface area contributed by atoms with Crippen molar-refractivity contribution in [3.63, 3.8) is 0 Å². The number of allylic oxidation sites excluding steroid dienone is 2. The summed E-state index contributed by atoms with van der Waals surface area (Å²) in [5.74, 6) is 0.0447. The molecule has 1 amide bonds. The number of carbonyl (C=O) groups excluding carboxylic acids is 1. The maximum Gasteiger partial charge on any atom is 0.249 e. The standard InChI is InChI=1S/C12H14N2O/c1-3-8(2)10-5-4-9-11(14-10)6-7-13-12(9)15/h3,5,14H,1-2,4,6-7H2,(H,13,15). The maximum absolute atomic E-state index is 11.5. The third kappa shape index (κ3) is 1.73. The Morgan fingerprint density at radius 2 is 2.33 bits per heavy atom. The number of hydrogen-bond donors (Lipinski definition) is 2. The van der Waals surface area contributed by atoms with E-state index in [2.05, 4.69) is 23.8 Å². The quantitative estimate of drug-likeness (QED) is 0.664. The summed E-state index contributed by atoms with van der Waals surface area (Å²) in [5, 5.41) is 6.08. The van der Waals surface area contributed by atoms with Crippen molar-refractivity contribution in [3.8, 4) is 0 Å². The molecule has 3 heteroatoms. The van der Waals surface area contributed by atoms with Gasteiger partial charge in [-0.2, -0.15) is 0 Å². The molecule has 0 aromatic rings. The molecular weight excluding hydrogens is 188 g/mol. The monoisotopic (exact) mass is 202 g/mol. The van der Waals surface area contributed by atoms with Crippen molar-refractivity contribution in [1.29, 1.82) is 0 Å². The average Bonchev–Trinajstić information content (AvgIpc) is 2.28. The predicted octanol–water partition coefficient (Wildman–Crippen LogP) is 1.38. The van der Waals surface area contributed by atoms with Gasteiger partial charge in [-0.3, -0.25) is 4.79 Å². The summed E-state index contributed by atoms with van der Waals surface area (Å²) < 4.78 is 0. The van der Waals surface area contributed by atoms with E-state index in [1.807, 2.05) is 6.08 Å². The van der Waals surface area contributed by atoms with Gasteiger partial charge in [0.25, 0.3) is 0 Å². The largest absolute Gasteiger partial charge is 0.358 e. The van der Waals surface area contributed by atoms with Gasteiger partial charge in [0.1, 0.15) is 0 Å². The zero-order valence-electron chi connectivity index (χ0n) is 8.60. The molecule has 78 valence electrons. The molecule has 0 saturated heterocycles. The summed E-state index contributed by atoms with van der Waals surface area (Å²) >= 11 is 0. The van der Waals surface area contributed by atoms with Crippen LogP contribution in [0, 0.1) is 0 Å². The number of carbonyl (C=O) groups is 1. The maximum atomic E-state index is 11.5. The third-order valence-corrected chi connectivity index (χ3v) is 2.69. The molecule has 0 aliphatic carbocycles. The molecule has 3 nitrogen and oxygen atoms in total. The predicted molar refractivity (Wildman–Crippen MR) is 59.8 cm³/mol. The molecule has 0 atom stereocenters. The molecule has 0 spiro atoms. The minimum absolute atomic E-state index is 0.0447. The first-order chi connectivity index (χ1) is 7.22. The second kappa shape index (κ2) is 3.77. The van der Waals surface area contributed by atoms with Gasteiger partial charge in [0.15, 0.2) is 0 Å². The average molecular weight is 202 g/mol. The molecule has 0 aromatic heterocycles. The van der Waals surface area contributed by atoms with Gasteiger partial charge in [0, 0.05) is 29.9 Å². The van der Waals surface area contributed by atoms with E-state index in [4.69, 9.17) is 0 Å². The molecule has 2 heterocycles. The summed E-state index contributed by atoms with van der Waals surface area (Å²) in [6, 6.07) is 0. The van der Waals surface area contributed by atoms with Crippen LogP contribution in [0.2, 0.25) is 0 Å². The van der Waals surface area contributed by atoms with Gasteiger partial charge in [-0.25, -0.2) is 0 Å². The fraction of sp³-hybridized carbons (Fsp3) is 0.250. The first-order valence-electron chi connectivity index (χ1n) is 5.01. The smallest absolute Gasteiger partial charge is 0.249 e. The second-order valence-electron chi connectivity index (χ2n) is 3.64. The van der Waals surface area contributed by atoms with Crippen molar-refractivity contribution in [1.82, 2.24) is 10.6 Å². The van der Waals surface area contributed by atoms with E-state index < -0.39 is 0 Å². The SMILES string of the molecule is C=CC(=C)C1=CCC2=C(CCNC2=O)N1. The Kier molecular flexibility index (Phi) is 2.46. The van der Waals surface area contributed by atoms with Crippen LogP contribution in [0.15, 0.2) is 47.9 Å². The molecule has 0 fully saturated rings. The van der Waals surface area contributed by atoms with Gasteiger partial charge >= 0.3 is 0 Å². The van der Waals surface area contributed by atoms with Gasteiger partial charge in [-0.15, -0.1) is 0 Å². The Balaban J connectivity index is 2.21. The lowest BCUT2D eigenvalue weighted by molar-refractivity contribution is -0.118. The highest BCUT2D eigenvalue weighted by Gasteiger charge is 2.22. The summed E-state index contributed by atoms with van der Waals surface area (Å²) in [7, 11) is 0. The third-order valence-electron chi connectivity index (χ3n) is 2.69. The van der Waals surface area contributed by atoms with Gasteiger partial charge in [-0.05, 0) is 12.0 Å². The second-order valence-corrected chi connectivity index (χ2v) is 3.64. The van der Waals surface area contributed by atoms with Crippen molar-refractivity contribution >= 4 is 5.91 Å². The van der Waals surface area contributed by atoms with Gasteiger partial charge < -0.3 is 10.6 Å². The van der Waals surface area contributed by atoms with Crippen molar-refractivity contribution in [2.24, 2.45) is 0 Å². The molecule has 0 radical (unpaired) electrons. The van der Waals surface area contributed by atoms with E-state index in [-0.39, 0.29) is 5.91 Å². The molecule has 15 heavy (non-hydrogen) atoms. The van der Waals surface area contributed by atoms with Gasteiger partial charge in [-0.1, -0.05) is 25.3 Å². The van der Waals surface area contributed by atoms with Crippen molar-refractivity contribution in [2.45, 2.75) is 12.8 Å². The molecule has 2 aliphatic heterocycles. The van der Waals surface area contributed by atoms with Gasteiger partial charge in [0.2, 0.25) is 5.91 Å². The number of dihydropyridines is 1. The first-order valence-corrected chi connectivity index (χ1v) is 5.01. The number of rotatable bonds is 2. The van der Waals surface area contributed by atoms with Crippen molar-refractivity contribution in [2.75, 3.05) is 6.54 Å². The molecule has 2 rings (SSSR count). The Labute approximate surface area is 89.2 Å². The molecule has 2 aliphatic rings. The van der Waals surface area contributed by atoms with Crippen LogP contribution >= 0.6 is 0 Å². The highest BCUT2D eigenvalue weighted by molar-refractivity contribution is 5.95. The zero-order valence-corrected chi connectivity index (χ0v) is 8.60. The van der Waals surface area contributed by atoms with Crippen LogP contribution in [0.25, 0.3) is 0 Å². The van der Waals surface area contributed by atoms with Crippen molar-refractivity contribution in [3.05, 3.63) is 47.9 Å². The number of amides is 1. The molecule has 0 saturated carbocycles. The topological polar surface area (TPSA) is 41.1 Å². The minimum Gasteiger partial charge on any atom is -0.358 e. The van der Waals surface area contributed by atoms with E-state index in [0.717, 1.165) is 29.0 Å². The molecule has 0 aromatic carbocycles. The van der Waals surface area contributed by atoms with E-state index in [9.17, 15) is 4.79 Å². The summed E-state index contributed by atoms with van der Waals surface area (Å²) in [6.07, 6.45) is 5.24. The van der Waals surface area contributed by atoms with Crippen LogP contribution in [0.5, 0.6) is 0 Å². The Hall–Kier alpha value is -1.77. The Morgan fingerprint density at radius 1 is 1.53 bits per heavy atom. The van der Waals surface area contributed by atoms with E-state index >= 15 is 0 Å². The lowest BCUT2D eigenvalue weighted by Crippen LogP contribution is -2.36. The fourth-order valence-electron chi connectivity index (χ4n) is 1.79. The van der Waals surface area contributed by atoms with Crippen LogP contribution in [0.3, 0.4) is 0 Å². The number of hydrogen-bond acceptors (Lipinski definition) is 2. The van der Waals surface area contributed by atoms with Crippen LogP contribution < -0.4 is 10.6 Å². The van der Waals surface area contributed by atoms with E-state index in [0.29, 0.717) is 13.0 Å². The summed E-state index contributed by atoms with van der Waals surface area (Å²) in [4.78, 5) is 11.5. The van der Waals surface area contributed by atoms with Crippen LogP contribution in [0.1, 0.15) is 12.8 Å². The minimum atomic E-state index is 0.0447. The van der Waals surface area contributed by atoms with Crippen molar-refractivity contribution < 1.29 is 4.79 Å².